The van der Waals surface area contributed by atoms with Crippen molar-refractivity contribution in [3.05, 3.63) is 47.5 Å². The van der Waals surface area contributed by atoms with Crippen molar-refractivity contribution in [3.63, 3.8) is 0 Å². The van der Waals surface area contributed by atoms with Crippen molar-refractivity contribution in [2.75, 3.05) is 57.3 Å². The summed E-state index contributed by atoms with van der Waals surface area (Å²) in [6.45, 7) is 2.37. The number of rotatable bonds is 5. The quantitative estimate of drug-likeness (QED) is 0.659. The number of carbonyl (C=O) groups is 1. The molecule has 2 amide bonds. The Balaban J connectivity index is 1.59. The first-order valence-electron chi connectivity index (χ1n) is 11.2. The summed E-state index contributed by atoms with van der Waals surface area (Å²) < 4.78 is 57.8. The molecule has 0 saturated carbocycles. The molecule has 2 aliphatic heterocycles. The van der Waals surface area contributed by atoms with Gasteiger partial charge in [0.15, 0.2) is 0 Å². The fraction of sp³-hybridized carbons (Fsp3) is 0.458. The molecule has 0 aliphatic carbocycles. The molecule has 10 heteroatoms. The van der Waals surface area contributed by atoms with Crippen LogP contribution in [-0.4, -0.2) is 58.0 Å². The minimum Gasteiger partial charge on any atom is -0.497 e. The summed E-state index contributed by atoms with van der Waals surface area (Å²) in [5.41, 5.74) is 0.0688. The molecule has 0 spiro atoms. The van der Waals surface area contributed by atoms with Crippen LogP contribution in [0.3, 0.4) is 0 Å². The topological polar surface area (TPSA) is 63.3 Å². The Hall–Kier alpha value is -3.14. The number of likely N-dealkylation sites (tertiary alicyclic amines) is 1. The highest BCUT2D eigenvalue weighted by Crippen LogP contribution is 2.41. The lowest BCUT2D eigenvalue weighted by Crippen LogP contribution is -2.37. The van der Waals surface area contributed by atoms with Crippen LogP contribution < -0.4 is 19.7 Å². The van der Waals surface area contributed by atoms with Gasteiger partial charge in [-0.1, -0.05) is 0 Å². The van der Waals surface area contributed by atoms with E-state index in [9.17, 15) is 18.0 Å². The third-order valence-corrected chi connectivity index (χ3v) is 6.24. The SMILES string of the molecule is COc1ccc(OC)c(C2CCCN2C(=O)Nc2ccc(N3CCOCC3)cc2C(F)(F)F)c1. The van der Waals surface area contributed by atoms with Gasteiger partial charge in [-0.05, 0) is 49.2 Å². The van der Waals surface area contributed by atoms with Gasteiger partial charge in [0.1, 0.15) is 11.5 Å². The van der Waals surface area contributed by atoms with Crippen LogP contribution in [0.2, 0.25) is 0 Å². The molecule has 7 nitrogen and oxygen atoms in total. The molecule has 1 unspecified atom stereocenters. The predicted octanol–water partition coefficient (Wildman–Crippen LogP) is 4.93. The zero-order chi connectivity index (χ0) is 24.3. The van der Waals surface area contributed by atoms with Gasteiger partial charge in [-0.25, -0.2) is 4.79 Å². The molecular weight excluding hydrogens is 451 g/mol. The number of anilines is 2. The van der Waals surface area contributed by atoms with E-state index in [0.717, 1.165) is 18.1 Å². The third-order valence-electron chi connectivity index (χ3n) is 6.24. The number of amides is 2. The molecule has 2 aliphatic rings. The lowest BCUT2D eigenvalue weighted by molar-refractivity contribution is -0.136. The summed E-state index contributed by atoms with van der Waals surface area (Å²) in [7, 11) is 3.08. The fourth-order valence-corrected chi connectivity index (χ4v) is 4.51. The smallest absolute Gasteiger partial charge is 0.418 e. The number of nitrogens with one attached hydrogen (secondary N) is 1. The molecule has 2 heterocycles. The van der Waals surface area contributed by atoms with E-state index in [1.807, 2.05) is 4.90 Å². The number of methoxy groups -OCH3 is 2. The van der Waals surface area contributed by atoms with Gasteiger partial charge in [0, 0.05) is 30.9 Å². The molecule has 1 N–H and O–H groups in total. The molecule has 2 aromatic rings. The van der Waals surface area contributed by atoms with Gasteiger partial charge in [0.25, 0.3) is 0 Å². The Morgan fingerprint density at radius 2 is 1.82 bits per heavy atom. The van der Waals surface area contributed by atoms with Crippen molar-refractivity contribution < 1.29 is 32.2 Å². The van der Waals surface area contributed by atoms with Crippen LogP contribution in [0.5, 0.6) is 11.5 Å². The molecule has 2 aromatic carbocycles. The van der Waals surface area contributed by atoms with E-state index in [1.54, 1.807) is 36.3 Å². The van der Waals surface area contributed by atoms with Gasteiger partial charge >= 0.3 is 12.2 Å². The maximum absolute atomic E-state index is 13.9. The zero-order valence-electron chi connectivity index (χ0n) is 19.2. The average molecular weight is 479 g/mol. The average Bonchev–Trinajstić information content (AvgIpc) is 3.34. The Labute approximate surface area is 196 Å². The van der Waals surface area contributed by atoms with Crippen molar-refractivity contribution in [2.45, 2.75) is 25.1 Å². The van der Waals surface area contributed by atoms with Crippen LogP contribution in [0.25, 0.3) is 0 Å². The summed E-state index contributed by atoms with van der Waals surface area (Å²) in [6, 6.07) is 8.40. The monoisotopic (exact) mass is 479 g/mol. The number of nitrogens with zero attached hydrogens (tertiary/aromatic N) is 2. The van der Waals surface area contributed by atoms with Gasteiger partial charge in [-0.15, -0.1) is 0 Å². The highest BCUT2D eigenvalue weighted by Gasteiger charge is 2.37. The van der Waals surface area contributed by atoms with Crippen LogP contribution >= 0.6 is 0 Å². The van der Waals surface area contributed by atoms with E-state index < -0.39 is 17.8 Å². The van der Waals surface area contributed by atoms with Gasteiger partial charge < -0.3 is 29.3 Å². The molecular formula is C24H28F3N3O4. The predicted molar refractivity (Wildman–Crippen MR) is 122 cm³/mol. The number of benzene rings is 2. The second kappa shape index (κ2) is 10.0. The normalized spacial score (nSPS) is 18.7. The highest BCUT2D eigenvalue weighted by atomic mass is 19.4. The number of morpholine rings is 1. The van der Waals surface area contributed by atoms with Crippen molar-refractivity contribution in [1.82, 2.24) is 4.90 Å². The van der Waals surface area contributed by atoms with Crippen LogP contribution in [0.1, 0.15) is 30.0 Å². The van der Waals surface area contributed by atoms with E-state index in [2.05, 4.69) is 5.32 Å². The Morgan fingerprint density at radius 1 is 1.06 bits per heavy atom. The molecule has 0 bridgehead atoms. The molecule has 0 aromatic heterocycles. The first-order chi connectivity index (χ1) is 16.3. The van der Waals surface area contributed by atoms with Gasteiger partial charge in [-0.2, -0.15) is 13.2 Å². The highest BCUT2D eigenvalue weighted by molar-refractivity contribution is 5.91. The zero-order valence-corrected chi connectivity index (χ0v) is 19.2. The Kier molecular flexibility index (Phi) is 7.06. The minimum atomic E-state index is -4.62. The van der Waals surface area contributed by atoms with Gasteiger partial charge in [0.05, 0.1) is 44.7 Å². The van der Waals surface area contributed by atoms with Crippen LogP contribution in [0.15, 0.2) is 36.4 Å². The number of carbonyl (C=O) groups excluding carboxylic acids is 1. The van der Waals surface area contributed by atoms with E-state index in [-0.39, 0.29) is 11.7 Å². The maximum Gasteiger partial charge on any atom is 0.418 e. The molecule has 34 heavy (non-hydrogen) atoms. The summed E-state index contributed by atoms with van der Waals surface area (Å²) in [4.78, 5) is 16.6. The number of halogens is 3. The van der Waals surface area contributed by atoms with Crippen molar-refractivity contribution in [3.8, 4) is 11.5 Å². The van der Waals surface area contributed by atoms with Crippen LogP contribution in [-0.2, 0) is 10.9 Å². The first kappa shape index (κ1) is 24.0. The van der Waals surface area contributed by atoms with Crippen LogP contribution in [0.4, 0.5) is 29.3 Å². The number of ether oxygens (including phenoxy) is 3. The second-order valence-electron chi connectivity index (χ2n) is 8.22. The summed E-state index contributed by atoms with van der Waals surface area (Å²) in [5.74, 6) is 1.21. The standard InChI is InChI=1S/C24H28F3N3O4/c1-32-17-6-8-22(33-2)18(15-17)21-4-3-9-30(21)23(31)28-20-7-5-16(14-19(20)24(25,26)27)29-10-12-34-13-11-29/h5-8,14-15,21H,3-4,9-13H2,1-2H3,(H,28,31). The number of hydrogen-bond donors (Lipinski definition) is 1. The Bertz CT molecular complexity index is 1030. The molecule has 4 rings (SSSR count). The second-order valence-corrected chi connectivity index (χ2v) is 8.22. The Morgan fingerprint density at radius 3 is 2.50 bits per heavy atom. The minimum absolute atomic E-state index is 0.266. The van der Waals surface area contributed by atoms with E-state index >= 15 is 0 Å². The maximum atomic E-state index is 13.9. The lowest BCUT2D eigenvalue weighted by Gasteiger charge is -2.30. The van der Waals surface area contributed by atoms with Crippen molar-refractivity contribution >= 4 is 17.4 Å². The molecule has 184 valence electrons. The van der Waals surface area contributed by atoms with Gasteiger partial charge in [0.2, 0.25) is 0 Å². The van der Waals surface area contributed by atoms with E-state index in [4.69, 9.17) is 14.2 Å². The first-order valence-corrected chi connectivity index (χ1v) is 11.2. The largest absolute Gasteiger partial charge is 0.497 e. The molecule has 1 atom stereocenters. The van der Waals surface area contributed by atoms with E-state index in [1.165, 1.54) is 13.2 Å². The molecule has 2 fully saturated rings. The molecule has 2 saturated heterocycles. The van der Waals surface area contributed by atoms with E-state index in [0.29, 0.717) is 56.5 Å². The van der Waals surface area contributed by atoms with Gasteiger partial charge in [-0.3, -0.25) is 0 Å². The fourth-order valence-electron chi connectivity index (χ4n) is 4.51. The third kappa shape index (κ3) is 5.01. The summed E-state index contributed by atoms with van der Waals surface area (Å²) >= 11 is 0. The van der Waals surface area contributed by atoms with Crippen molar-refractivity contribution in [1.29, 1.82) is 0 Å². The summed E-state index contributed by atoms with van der Waals surface area (Å²) in [5, 5.41) is 2.51. The van der Waals surface area contributed by atoms with Crippen molar-refractivity contribution in [2.24, 2.45) is 0 Å². The number of urea groups is 1. The number of alkyl halides is 3. The summed E-state index contributed by atoms with van der Waals surface area (Å²) in [6.07, 6.45) is -3.23. The lowest BCUT2D eigenvalue weighted by atomic mass is 10.0. The van der Waals surface area contributed by atoms with Crippen LogP contribution in [0, 0.1) is 0 Å². The number of hydrogen-bond acceptors (Lipinski definition) is 5. The molecule has 0 radical (unpaired) electrons.